The minimum atomic E-state index is -5.87. The topological polar surface area (TPSA) is 178 Å². The lowest BCUT2D eigenvalue weighted by Gasteiger charge is -2.52. The minimum Gasteiger partial charge on any atom is -0.443 e. The molecule has 0 bridgehead atoms. The van der Waals surface area contributed by atoms with Gasteiger partial charge < -0.3 is 30.3 Å². The lowest BCUT2D eigenvalue weighted by molar-refractivity contribution is -0.0306. The molecule has 0 aliphatic carbocycles. The second kappa shape index (κ2) is 16.5. The quantitative estimate of drug-likeness (QED) is 0.106. The molecule has 2 aromatic rings. The molecule has 1 fully saturated rings. The Hall–Kier alpha value is -2.51. The van der Waals surface area contributed by atoms with E-state index >= 15 is 8.42 Å². The largest absolute Gasteiger partial charge is 0.469 e. The van der Waals surface area contributed by atoms with Crippen LogP contribution < -0.4 is 11.1 Å². The summed E-state index contributed by atoms with van der Waals surface area (Å²) >= 11 is 0. The van der Waals surface area contributed by atoms with E-state index in [1.807, 2.05) is 20.8 Å². The third-order valence-electron chi connectivity index (χ3n) is 10.7. The van der Waals surface area contributed by atoms with Crippen LogP contribution in [0.15, 0.2) is 41.3 Å². The van der Waals surface area contributed by atoms with Crippen molar-refractivity contribution < 1.29 is 45.7 Å². The van der Waals surface area contributed by atoms with Gasteiger partial charge in [-0.2, -0.15) is 4.31 Å². The van der Waals surface area contributed by atoms with Crippen molar-refractivity contribution in [1.82, 2.24) is 9.62 Å². The predicted octanol–water partition coefficient (Wildman–Crippen LogP) is 7.37. The number of anilines is 1. The fourth-order valence-corrected chi connectivity index (χ4v) is 10.6. The van der Waals surface area contributed by atoms with Crippen LogP contribution in [0.5, 0.6) is 0 Å². The van der Waals surface area contributed by atoms with Crippen LogP contribution in [0.25, 0.3) is 0 Å². The lowest BCUT2D eigenvalue weighted by atomic mass is 9.73. The van der Waals surface area contributed by atoms with E-state index < -0.39 is 71.1 Å². The Kier molecular flexibility index (Phi) is 12.4. The molecule has 14 heteroatoms. The number of sulfonamides is 1. The third kappa shape index (κ3) is 9.22. The summed E-state index contributed by atoms with van der Waals surface area (Å²) in [6, 6.07) is 6.18. The molecule has 1 heterocycles. The number of carbonyl (C=O) groups excluding carboxylic acids is 1. The van der Waals surface area contributed by atoms with Gasteiger partial charge in [-0.05, 0) is 109 Å². The van der Waals surface area contributed by atoms with Gasteiger partial charge in [-0.1, -0.05) is 58.4 Å². The Bertz CT molecular complexity index is 1890. The standard InChI is InChI=1S/C38H62N3O9PS/c1-14-31(22(2)3)37(11,12)41(52(46,47)34-20-19-32(39)25(6)26(34)7)28(9)35(50-51(43,44)45)38(13,27(8)30-18-16-15-17-23(30)4)40-36(42)49-33-21-24(5)48-29(33)10/h15-20,22,24,27-29,31,33,35H,14,21,39H2,1-13H3,(H,40,42)(H2,43,44,45)/t24?,27?,28?,29?,31?,33-,35+,38-/m0/s1/i27D,28D,35D. The minimum absolute atomic E-state index is 0.193. The summed E-state index contributed by atoms with van der Waals surface area (Å²) < 4.78 is 92.5. The number of hydrogen-bond donors (Lipinski definition) is 4. The van der Waals surface area contributed by atoms with Crippen LogP contribution in [0.3, 0.4) is 0 Å². The molecule has 5 unspecified atom stereocenters. The third-order valence-corrected chi connectivity index (χ3v) is 13.4. The molecule has 5 N–H and O–H groups in total. The lowest BCUT2D eigenvalue weighted by Crippen LogP contribution is -2.68. The van der Waals surface area contributed by atoms with Crippen LogP contribution in [-0.2, 0) is 28.6 Å². The van der Waals surface area contributed by atoms with Crippen molar-refractivity contribution in [3.63, 3.8) is 0 Å². The van der Waals surface area contributed by atoms with E-state index in [2.05, 4.69) is 5.32 Å². The van der Waals surface area contributed by atoms with Gasteiger partial charge in [0.25, 0.3) is 0 Å². The monoisotopic (exact) mass is 770 g/mol. The van der Waals surface area contributed by atoms with Crippen LogP contribution in [0, 0.1) is 32.6 Å². The fraction of sp³-hybridized carbons (Fsp3) is 0.658. The molecule has 1 aliphatic rings. The number of nitrogens with two attached hydrogens (primary N) is 1. The van der Waals surface area contributed by atoms with Crippen molar-refractivity contribution in [2.24, 2.45) is 11.8 Å². The molecule has 52 heavy (non-hydrogen) atoms. The number of nitrogens with zero attached hydrogens (tertiary/aromatic N) is 1. The number of carbonyl (C=O) groups is 1. The molecular formula is C38H62N3O9PS. The highest BCUT2D eigenvalue weighted by Gasteiger charge is 2.55. The van der Waals surface area contributed by atoms with Gasteiger partial charge in [0.2, 0.25) is 10.0 Å². The first-order valence-corrected chi connectivity index (χ1v) is 20.7. The van der Waals surface area contributed by atoms with Crippen LogP contribution >= 0.6 is 7.82 Å². The number of nitrogen functional groups attached to an aromatic ring is 1. The van der Waals surface area contributed by atoms with Crippen molar-refractivity contribution in [2.45, 2.75) is 155 Å². The van der Waals surface area contributed by atoms with E-state index in [4.69, 9.17) is 19.7 Å². The molecule has 1 amide bonds. The van der Waals surface area contributed by atoms with Crippen molar-refractivity contribution >= 4 is 29.6 Å². The molecule has 0 aromatic heterocycles. The summed E-state index contributed by atoms with van der Waals surface area (Å²) in [5.74, 6) is -2.98. The molecule has 0 radical (unpaired) electrons. The average Bonchev–Trinajstić information content (AvgIpc) is 3.33. The molecule has 12 nitrogen and oxygen atoms in total. The van der Waals surface area contributed by atoms with Crippen LogP contribution in [0.2, 0.25) is 0 Å². The summed E-state index contributed by atoms with van der Waals surface area (Å²) in [7, 11) is -10.8. The second-order valence-corrected chi connectivity index (χ2v) is 18.0. The highest BCUT2D eigenvalue weighted by molar-refractivity contribution is 7.89. The summed E-state index contributed by atoms with van der Waals surface area (Å²) in [6.07, 6.45) is -5.55. The van der Waals surface area contributed by atoms with Crippen molar-refractivity contribution in [1.29, 1.82) is 0 Å². The van der Waals surface area contributed by atoms with Gasteiger partial charge in [0.05, 0.1) is 31.4 Å². The SMILES string of the molecule is [2H]C(C)(c1ccccc1C)[C@](C)(NC(=O)O[C@H]1CC(C)OC1C)[C@]([2H])(OP(=O)(O)O)C([2H])(C)N(C(C)(C)C(CC)C(C)C)S(=O)(=O)c1ccc(N)c(C)c1C. The molecular weight excluding hydrogens is 705 g/mol. The maximum atomic E-state index is 15.4. The van der Waals surface area contributed by atoms with Gasteiger partial charge in [-0.15, -0.1) is 0 Å². The first kappa shape index (κ1) is 39.2. The Morgan fingerprint density at radius 3 is 2.19 bits per heavy atom. The van der Waals surface area contributed by atoms with Gasteiger partial charge in [0, 0.05) is 24.9 Å². The van der Waals surface area contributed by atoms with E-state index in [1.165, 1.54) is 19.1 Å². The Labute approximate surface area is 315 Å². The summed E-state index contributed by atoms with van der Waals surface area (Å²) in [5, 5.41) is 2.56. The van der Waals surface area contributed by atoms with Crippen LogP contribution in [0.1, 0.15) is 114 Å². The van der Waals surface area contributed by atoms with Crippen molar-refractivity contribution in [3.8, 4) is 0 Å². The van der Waals surface area contributed by atoms with E-state index in [0.29, 0.717) is 29.7 Å². The van der Waals surface area contributed by atoms with Crippen LogP contribution in [0.4, 0.5) is 10.5 Å². The zero-order valence-corrected chi connectivity index (χ0v) is 34.6. The number of benzene rings is 2. The first-order valence-electron chi connectivity index (χ1n) is 19.2. The average molecular weight is 771 g/mol. The van der Waals surface area contributed by atoms with E-state index in [9.17, 15) is 23.3 Å². The van der Waals surface area contributed by atoms with Crippen LogP contribution in [-0.4, -0.2) is 70.1 Å². The molecule has 0 spiro atoms. The van der Waals surface area contributed by atoms with E-state index in [-0.39, 0.29) is 28.0 Å². The van der Waals surface area contributed by atoms with Crippen molar-refractivity contribution in [2.75, 3.05) is 5.73 Å². The summed E-state index contributed by atoms with van der Waals surface area (Å²) in [4.78, 5) is 35.1. The molecule has 294 valence electrons. The number of phosphoric acid groups is 1. The molecule has 3 rings (SSSR count). The number of hydrogen-bond acceptors (Lipinski definition) is 8. The van der Waals surface area contributed by atoms with Gasteiger partial charge in [0.15, 0.2) is 0 Å². The summed E-state index contributed by atoms with van der Waals surface area (Å²) in [6.45, 7) is 20.7. The normalized spacial score (nSPS) is 24.8. The second-order valence-electron chi connectivity index (χ2n) is 15.1. The summed E-state index contributed by atoms with van der Waals surface area (Å²) in [5.41, 5.74) is 3.62. The molecule has 1 saturated heterocycles. The molecule has 8 atom stereocenters. The van der Waals surface area contributed by atoms with Gasteiger partial charge >= 0.3 is 13.9 Å². The number of phosphoric ester groups is 1. The number of aryl methyl sites for hydroxylation is 1. The molecule has 0 saturated carbocycles. The fourth-order valence-electron chi connectivity index (χ4n) is 7.91. The highest BCUT2D eigenvalue weighted by Crippen LogP contribution is 2.48. The number of ether oxygens (including phenoxy) is 2. The smallest absolute Gasteiger partial charge is 0.443 e. The molecule has 1 aliphatic heterocycles. The zero-order valence-electron chi connectivity index (χ0n) is 35.9. The van der Waals surface area contributed by atoms with E-state index in [0.717, 1.165) is 18.2 Å². The van der Waals surface area contributed by atoms with Gasteiger partial charge in [0.1, 0.15) is 12.2 Å². The highest BCUT2D eigenvalue weighted by atomic mass is 32.2. The Balaban J connectivity index is 2.57. The predicted molar refractivity (Wildman–Crippen MR) is 204 cm³/mol. The first-order chi connectivity index (χ1) is 24.8. The van der Waals surface area contributed by atoms with Gasteiger partial charge in [-0.25, -0.2) is 17.8 Å². The maximum absolute atomic E-state index is 15.4. The van der Waals surface area contributed by atoms with Gasteiger partial charge in [-0.3, -0.25) is 4.52 Å². The van der Waals surface area contributed by atoms with Crippen molar-refractivity contribution in [3.05, 3.63) is 58.7 Å². The Morgan fingerprint density at radius 2 is 1.69 bits per heavy atom. The Morgan fingerprint density at radius 1 is 1.10 bits per heavy atom. The molecule has 2 aromatic carbocycles. The number of amides is 1. The number of nitrogens with one attached hydrogen (secondary N) is 1. The van der Waals surface area contributed by atoms with E-state index in [1.54, 1.807) is 72.7 Å². The number of alkyl carbamates (subject to hydrolysis) is 1. The number of rotatable bonds is 15. The zero-order chi connectivity index (χ0) is 42.5. The maximum Gasteiger partial charge on any atom is 0.469 e.